The van der Waals surface area contributed by atoms with Gasteiger partial charge in [-0.25, -0.2) is 0 Å². The highest BCUT2D eigenvalue weighted by Crippen LogP contribution is 2.27. The predicted octanol–water partition coefficient (Wildman–Crippen LogP) is 4.55. The molecule has 0 heterocycles. The van der Waals surface area contributed by atoms with Gasteiger partial charge in [0.05, 0.1) is 0 Å². The van der Waals surface area contributed by atoms with E-state index in [9.17, 15) is 14.4 Å². The SMILES string of the molecule is CCCN(CCC)C(=O)c1cccc(C(=O)NCC(N)CC(C)C(=O)NCC2CC2)c1.Cc1ccccc1. The molecule has 2 atom stereocenters. The second kappa shape index (κ2) is 16.6. The fourth-order valence-electron chi connectivity index (χ4n) is 4.08. The van der Waals surface area contributed by atoms with Crippen molar-refractivity contribution in [2.24, 2.45) is 17.6 Å². The van der Waals surface area contributed by atoms with Gasteiger partial charge in [0.2, 0.25) is 5.91 Å². The number of hydrogen-bond acceptors (Lipinski definition) is 4. The van der Waals surface area contributed by atoms with Crippen LogP contribution in [0.5, 0.6) is 0 Å². The molecule has 7 nitrogen and oxygen atoms in total. The lowest BCUT2D eigenvalue weighted by atomic mass is 10.0. The van der Waals surface area contributed by atoms with E-state index in [4.69, 9.17) is 5.73 Å². The van der Waals surface area contributed by atoms with Gasteiger partial charge in [-0.1, -0.05) is 62.7 Å². The van der Waals surface area contributed by atoms with Crippen LogP contribution in [0.25, 0.3) is 0 Å². The van der Waals surface area contributed by atoms with Crippen LogP contribution in [0.15, 0.2) is 54.6 Å². The highest BCUT2D eigenvalue weighted by Gasteiger charge is 2.24. The smallest absolute Gasteiger partial charge is 0.253 e. The molecule has 38 heavy (non-hydrogen) atoms. The highest BCUT2D eigenvalue weighted by atomic mass is 16.2. The second-order valence-electron chi connectivity index (χ2n) is 10.3. The van der Waals surface area contributed by atoms with Crippen molar-refractivity contribution in [1.82, 2.24) is 15.5 Å². The van der Waals surface area contributed by atoms with Crippen LogP contribution in [0.3, 0.4) is 0 Å². The van der Waals surface area contributed by atoms with E-state index in [-0.39, 0.29) is 36.2 Å². The van der Waals surface area contributed by atoms with Crippen LogP contribution >= 0.6 is 0 Å². The first-order valence-corrected chi connectivity index (χ1v) is 14.0. The Labute approximate surface area is 228 Å². The number of nitrogens with one attached hydrogen (secondary N) is 2. The van der Waals surface area contributed by atoms with Crippen molar-refractivity contribution in [2.75, 3.05) is 26.2 Å². The van der Waals surface area contributed by atoms with E-state index in [1.54, 1.807) is 24.3 Å². The van der Waals surface area contributed by atoms with E-state index in [2.05, 4.69) is 29.7 Å². The van der Waals surface area contributed by atoms with Gasteiger partial charge in [0, 0.05) is 49.3 Å². The van der Waals surface area contributed by atoms with Gasteiger partial charge in [0.1, 0.15) is 0 Å². The molecule has 1 fully saturated rings. The molecule has 0 aromatic heterocycles. The third-order valence-corrected chi connectivity index (χ3v) is 6.48. The molecular formula is C31H46N4O3. The summed E-state index contributed by atoms with van der Waals surface area (Å²) in [6.45, 7) is 10.4. The summed E-state index contributed by atoms with van der Waals surface area (Å²) in [4.78, 5) is 39.3. The Morgan fingerprint density at radius 3 is 2.13 bits per heavy atom. The number of aryl methyl sites for hydroxylation is 1. The van der Waals surface area contributed by atoms with Gasteiger partial charge in [-0.2, -0.15) is 0 Å². The van der Waals surface area contributed by atoms with Crippen molar-refractivity contribution < 1.29 is 14.4 Å². The van der Waals surface area contributed by atoms with Gasteiger partial charge >= 0.3 is 0 Å². The number of carbonyl (C=O) groups excluding carboxylic acids is 3. The molecule has 0 saturated heterocycles. The average molecular weight is 523 g/mol. The molecule has 3 rings (SSSR count). The predicted molar refractivity (Wildman–Crippen MR) is 154 cm³/mol. The zero-order chi connectivity index (χ0) is 27.9. The number of carbonyl (C=O) groups is 3. The summed E-state index contributed by atoms with van der Waals surface area (Å²) >= 11 is 0. The van der Waals surface area contributed by atoms with Crippen molar-refractivity contribution in [1.29, 1.82) is 0 Å². The largest absolute Gasteiger partial charge is 0.356 e. The number of rotatable bonds is 13. The van der Waals surface area contributed by atoms with Crippen LogP contribution in [-0.2, 0) is 4.79 Å². The maximum atomic E-state index is 12.8. The third kappa shape index (κ3) is 11.5. The van der Waals surface area contributed by atoms with E-state index in [1.165, 1.54) is 18.4 Å². The molecule has 2 aromatic rings. The molecule has 7 heteroatoms. The lowest BCUT2D eigenvalue weighted by Gasteiger charge is -2.21. The van der Waals surface area contributed by atoms with Gasteiger partial charge in [0.15, 0.2) is 0 Å². The first kappa shape index (κ1) is 31.0. The Hall–Kier alpha value is -3.19. The van der Waals surface area contributed by atoms with E-state index in [1.807, 2.05) is 43.9 Å². The molecule has 0 aliphatic heterocycles. The summed E-state index contributed by atoms with van der Waals surface area (Å²) in [6.07, 6.45) is 4.67. The topological polar surface area (TPSA) is 105 Å². The monoisotopic (exact) mass is 522 g/mol. The molecule has 0 radical (unpaired) electrons. The van der Waals surface area contributed by atoms with Crippen molar-refractivity contribution in [2.45, 2.75) is 65.8 Å². The Bertz CT molecular complexity index is 1000. The third-order valence-electron chi connectivity index (χ3n) is 6.48. The van der Waals surface area contributed by atoms with Crippen molar-refractivity contribution in [3.05, 3.63) is 71.3 Å². The molecular weight excluding hydrogens is 476 g/mol. The van der Waals surface area contributed by atoms with Gasteiger partial charge in [-0.05, 0) is 63.1 Å². The fourth-order valence-corrected chi connectivity index (χ4v) is 4.08. The number of benzene rings is 2. The Morgan fingerprint density at radius 1 is 0.947 bits per heavy atom. The minimum absolute atomic E-state index is 0.0172. The maximum Gasteiger partial charge on any atom is 0.253 e. The van der Waals surface area contributed by atoms with Gasteiger partial charge in [-0.3, -0.25) is 14.4 Å². The first-order valence-electron chi connectivity index (χ1n) is 14.0. The summed E-state index contributed by atoms with van der Waals surface area (Å²) < 4.78 is 0. The molecule has 1 aliphatic carbocycles. The molecule has 2 aromatic carbocycles. The van der Waals surface area contributed by atoms with E-state index in [0.717, 1.165) is 19.4 Å². The van der Waals surface area contributed by atoms with Crippen molar-refractivity contribution in [3.8, 4) is 0 Å². The van der Waals surface area contributed by atoms with E-state index in [0.29, 0.717) is 36.6 Å². The van der Waals surface area contributed by atoms with Crippen molar-refractivity contribution >= 4 is 17.7 Å². The summed E-state index contributed by atoms with van der Waals surface area (Å²) in [5.41, 5.74) is 8.40. The lowest BCUT2D eigenvalue weighted by molar-refractivity contribution is -0.124. The molecule has 1 saturated carbocycles. The Balaban J connectivity index is 0.000000624. The summed E-state index contributed by atoms with van der Waals surface area (Å²) in [7, 11) is 0. The summed E-state index contributed by atoms with van der Waals surface area (Å²) in [5.74, 6) is 0.135. The molecule has 0 spiro atoms. The summed E-state index contributed by atoms with van der Waals surface area (Å²) in [5, 5.41) is 5.79. The zero-order valence-corrected chi connectivity index (χ0v) is 23.5. The van der Waals surface area contributed by atoms with Gasteiger partial charge < -0.3 is 21.3 Å². The maximum absolute atomic E-state index is 12.8. The first-order chi connectivity index (χ1) is 18.2. The standard InChI is InChI=1S/C24H38N4O3.C7H8/c1-4-11-28(12-5-2)24(31)20-8-6-7-19(14-20)23(30)27-16-21(25)13-17(3)22(29)26-15-18-9-10-18;1-7-5-3-2-4-6-7/h6-8,14,17-18,21H,4-5,9-13,15-16,25H2,1-3H3,(H,26,29)(H,27,30);2-6H,1H3. The van der Waals surface area contributed by atoms with Crippen molar-refractivity contribution in [3.63, 3.8) is 0 Å². The van der Waals surface area contributed by atoms with Crippen LogP contribution in [-0.4, -0.2) is 54.8 Å². The van der Waals surface area contributed by atoms with Gasteiger partial charge in [-0.15, -0.1) is 0 Å². The average Bonchev–Trinajstić information content (AvgIpc) is 3.75. The minimum Gasteiger partial charge on any atom is -0.356 e. The van der Waals surface area contributed by atoms with E-state index < -0.39 is 0 Å². The number of nitrogens with two attached hydrogens (primary N) is 1. The molecule has 208 valence electrons. The minimum atomic E-state index is -0.319. The number of hydrogen-bond donors (Lipinski definition) is 3. The number of amides is 3. The molecule has 0 bridgehead atoms. The lowest BCUT2D eigenvalue weighted by Crippen LogP contribution is -2.41. The molecule has 3 amide bonds. The van der Waals surface area contributed by atoms with Crippen LogP contribution in [0.4, 0.5) is 0 Å². The van der Waals surface area contributed by atoms with Crippen LogP contribution in [0, 0.1) is 18.8 Å². The second-order valence-corrected chi connectivity index (χ2v) is 10.3. The summed E-state index contributed by atoms with van der Waals surface area (Å²) in [6, 6.07) is 16.7. The quantitative estimate of drug-likeness (QED) is 0.359. The normalized spacial score (nSPS) is 13.9. The molecule has 1 aliphatic rings. The van der Waals surface area contributed by atoms with Gasteiger partial charge in [0.25, 0.3) is 11.8 Å². The molecule has 4 N–H and O–H groups in total. The van der Waals surface area contributed by atoms with E-state index >= 15 is 0 Å². The van der Waals surface area contributed by atoms with Crippen LogP contribution < -0.4 is 16.4 Å². The Morgan fingerprint density at radius 2 is 1.58 bits per heavy atom. The highest BCUT2D eigenvalue weighted by molar-refractivity contribution is 5.99. The van der Waals surface area contributed by atoms with Crippen LogP contribution in [0.2, 0.25) is 0 Å². The zero-order valence-electron chi connectivity index (χ0n) is 23.5. The number of nitrogens with zero attached hydrogens (tertiary/aromatic N) is 1. The van der Waals surface area contributed by atoms with Crippen LogP contribution in [0.1, 0.15) is 79.2 Å². The fraction of sp³-hybridized carbons (Fsp3) is 0.516. The molecule has 2 unspecified atom stereocenters. The Kier molecular flexibility index (Phi) is 13.6.